The van der Waals surface area contributed by atoms with Crippen LogP contribution < -0.4 is 15.0 Å². The zero-order valence-electron chi connectivity index (χ0n) is 20.3. The number of carbonyl (C=O) groups excluding carboxylic acids is 1. The minimum absolute atomic E-state index is 0.0744. The molecule has 1 N–H and O–H groups in total. The van der Waals surface area contributed by atoms with Gasteiger partial charge < -0.3 is 19.5 Å². The lowest BCUT2D eigenvalue weighted by atomic mass is 10.0. The molecule has 2 heterocycles. The SMILES string of the molecule is CCS(=O)(=O)c1ccc(N2CCC(NC(=O)c3cccc(OCc4c(C)noc4C)c3)CC2)cc1. The summed E-state index contributed by atoms with van der Waals surface area (Å²) in [5, 5.41) is 7.07. The van der Waals surface area contributed by atoms with E-state index in [1.807, 2.05) is 38.1 Å². The Morgan fingerprint density at radius 3 is 2.49 bits per heavy atom. The van der Waals surface area contributed by atoms with Gasteiger partial charge >= 0.3 is 0 Å². The van der Waals surface area contributed by atoms with E-state index in [2.05, 4.69) is 15.4 Å². The van der Waals surface area contributed by atoms with E-state index < -0.39 is 9.84 Å². The molecule has 1 fully saturated rings. The average Bonchev–Trinajstić information content (AvgIpc) is 3.20. The first-order valence-electron chi connectivity index (χ1n) is 11.8. The molecule has 9 heteroatoms. The fourth-order valence-electron chi connectivity index (χ4n) is 4.17. The number of benzene rings is 2. The molecule has 0 atom stereocenters. The van der Waals surface area contributed by atoms with Gasteiger partial charge in [0.05, 0.1) is 21.9 Å². The molecule has 1 aliphatic heterocycles. The predicted octanol–water partition coefficient (Wildman–Crippen LogP) is 4.06. The largest absolute Gasteiger partial charge is 0.489 e. The van der Waals surface area contributed by atoms with Crippen LogP contribution in [0.4, 0.5) is 5.69 Å². The molecule has 0 saturated carbocycles. The van der Waals surface area contributed by atoms with Crippen LogP contribution in [0.5, 0.6) is 5.75 Å². The molecule has 0 spiro atoms. The van der Waals surface area contributed by atoms with Gasteiger partial charge in [-0.2, -0.15) is 0 Å². The van der Waals surface area contributed by atoms with Crippen molar-refractivity contribution >= 4 is 21.4 Å². The van der Waals surface area contributed by atoms with Crippen molar-refractivity contribution in [1.29, 1.82) is 0 Å². The first-order valence-corrected chi connectivity index (χ1v) is 13.5. The zero-order chi connectivity index (χ0) is 25.0. The summed E-state index contributed by atoms with van der Waals surface area (Å²) in [7, 11) is -3.20. The number of aryl methyl sites for hydroxylation is 2. The standard InChI is InChI=1S/C26H31N3O5S/c1-4-35(31,32)24-10-8-22(9-11-24)29-14-12-21(13-15-29)27-26(30)20-6-5-7-23(16-20)33-17-25-18(2)28-34-19(25)3/h5-11,16,21H,4,12-15,17H2,1-3H3,(H,27,30). The van der Waals surface area contributed by atoms with E-state index in [9.17, 15) is 13.2 Å². The van der Waals surface area contributed by atoms with Gasteiger partial charge in [-0.1, -0.05) is 18.1 Å². The molecule has 186 valence electrons. The van der Waals surface area contributed by atoms with E-state index >= 15 is 0 Å². The van der Waals surface area contributed by atoms with Crippen molar-refractivity contribution in [3.8, 4) is 5.75 Å². The van der Waals surface area contributed by atoms with Crippen LogP contribution in [0.25, 0.3) is 0 Å². The van der Waals surface area contributed by atoms with Crippen LogP contribution in [0.1, 0.15) is 47.1 Å². The van der Waals surface area contributed by atoms with Crippen molar-refractivity contribution < 1.29 is 22.5 Å². The number of anilines is 1. The number of piperidine rings is 1. The third-order valence-electron chi connectivity index (χ3n) is 6.43. The fraction of sp³-hybridized carbons (Fsp3) is 0.385. The second-order valence-corrected chi connectivity index (χ2v) is 11.0. The summed E-state index contributed by atoms with van der Waals surface area (Å²) in [5.41, 5.74) is 3.25. The number of rotatable bonds is 8. The predicted molar refractivity (Wildman–Crippen MR) is 134 cm³/mol. The highest BCUT2D eigenvalue weighted by Crippen LogP contribution is 2.23. The lowest BCUT2D eigenvalue weighted by Crippen LogP contribution is -2.44. The van der Waals surface area contributed by atoms with Gasteiger partial charge in [-0.25, -0.2) is 8.42 Å². The highest BCUT2D eigenvalue weighted by molar-refractivity contribution is 7.91. The quantitative estimate of drug-likeness (QED) is 0.501. The molecule has 1 aliphatic rings. The van der Waals surface area contributed by atoms with Gasteiger partial charge in [0.1, 0.15) is 18.1 Å². The van der Waals surface area contributed by atoms with Crippen LogP contribution in [-0.4, -0.2) is 44.4 Å². The molecule has 0 radical (unpaired) electrons. The first kappa shape index (κ1) is 24.8. The van der Waals surface area contributed by atoms with Gasteiger partial charge in [0.15, 0.2) is 9.84 Å². The highest BCUT2D eigenvalue weighted by Gasteiger charge is 2.22. The molecule has 35 heavy (non-hydrogen) atoms. The summed E-state index contributed by atoms with van der Waals surface area (Å²) < 4.78 is 35.1. The van der Waals surface area contributed by atoms with E-state index in [4.69, 9.17) is 9.26 Å². The summed E-state index contributed by atoms with van der Waals surface area (Å²) in [6.07, 6.45) is 1.62. The summed E-state index contributed by atoms with van der Waals surface area (Å²) in [6, 6.07) is 14.3. The maximum atomic E-state index is 12.9. The molecule has 1 amide bonds. The van der Waals surface area contributed by atoms with Gasteiger partial charge in [-0.3, -0.25) is 4.79 Å². The zero-order valence-corrected chi connectivity index (χ0v) is 21.1. The van der Waals surface area contributed by atoms with Crippen molar-refractivity contribution in [2.75, 3.05) is 23.7 Å². The number of nitrogens with zero attached hydrogens (tertiary/aromatic N) is 2. The van der Waals surface area contributed by atoms with Crippen LogP contribution in [0.2, 0.25) is 0 Å². The lowest BCUT2D eigenvalue weighted by molar-refractivity contribution is 0.0930. The number of aromatic nitrogens is 1. The van der Waals surface area contributed by atoms with Crippen molar-refractivity contribution in [2.45, 2.75) is 51.2 Å². The van der Waals surface area contributed by atoms with E-state index in [1.54, 1.807) is 31.2 Å². The van der Waals surface area contributed by atoms with E-state index in [-0.39, 0.29) is 17.7 Å². The number of sulfone groups is 1. The third kappa shape index (κ3) is 5.85. The van der Waals surface area contributed by atoms with E-state index in [0.717, 1.165) is 48.6 Å². The molecule has 8 nitrogen and oxygen atoms in total. The molecule has 1 saturated heterocycles. The van der Waals surface area contributed by atoms with Gasteiger partial charge in [0.2, 0.25) is 0 Å². The number of hydrogen-bond acceptors (Lipinski definition) is 7. The number of nitrogens with one attached hydrogen (secondary N) is 1. The Kier molecular flexibility index (Phi) is 7.45. The maximum Gasteiger partial charge on any atom is 0.251 e. The molecular formula is C26H31N3O5S. The molecule has 0 aliphatic carbocycles. The number of amides is 1. The third-order valence-corrected chi connectivity index (χ3v) is 8.18. The molecule has 0 bridgehead atoms. The monoisotopic (exact) mass is 497 g/mol. The van der Waals surface area contributed by atoms with Crippen LogP contribution >= 0.6 is 0 Å². The van der Waals surface area contributed by atoms with Crippen LogP contribution in [0.3, 0.4) is 0 Å². The topological polar surface area (TPSA) is 102 Å². The van der Waals surface area contributed by atoms with Gasteiger partial charge in [0.25, 0.3) is 5.91 Å². The summed E-state index contributed by atoms with van der Waals surface area (Å²) in [5.74, 6) is 1.30. The molecule has 4 rings (SSSR count). The number of ether oxygens (including phenoxy) is 1. The van der Waals surface area contributed by atoms with Gasteiger partial charge in [0, 0.05) is 30.4 Å². The Morgan fingerprint density at radius 2 is 1.86 bits per heavy atom. The van der Waals surface area contributed by atoms with Crippen LogP contribution in [-0.2, 0) is 16.4 Å². The average molecular weight is 498 g/mol. The molecule has 0 unspecified atom stereocenters. The molecule has 3 aromatic rings. The smallest absolute Gasteiger partial charge is 0.251 e. The van der Waals surface area contributed by atoms with Crippen molar-refractivity contribution in [2.24, 2.45) is 0 Å². The Bertz CT molecular complexity index is 1260. The Morgan fingerprint density at radius 1 is 1.14 bits per heavy atom. The number of hydrogen-bond donors (Lipinski definition) is 1. The normalized spacial score (nSPS) is 14.7. The second-order valence-electron chi connectivity index (χ2n) is 8.75. The fourth-order valence-corrected chi connectivity index (χ4v) is 5.06. The van der Waals surface area contributed by atoms with E-state index in [0.29, 0.717) is 22.8 Å². The minimum atomic E-state index is -3.20. The van der Waals surface area contributed by atoms with Gasteiger partial charge in [-0.15, -0.1) is 0 Å². The lowest BCUT2D eigenvalue weighted by Gasteiger charge is -2.34. The number of carbonyl (C=O) groups is 1. The Hall–Kier alpha value is -3.33. The Labute approximate surface area is 206 Å². The molecular weight excluding hydrogens is 466 g/mol. The van der Waals surface area contributed by atoms with Crippen LogP contribution in [0.15, 0.2) is 57.9 Å². The first-order chi connectivity index (χ1) is 16.8. The van der Waals surface area contributed by atoms with Crippen molar-refractivity contribution in [3.05, 3.63) is 71.1 Å². The summed E-state index contributed by atoms with van der Waals surface area (Å²) in [6.45, 7) is 7.26. The summed E-state index contributed by atoms with van der Waals surface area (Å²) in [4.78, 5) is 15.4. The van der Waals surface area contributed by atoms with Gasteiger partial charge in [-0.05, 0) is 69.2 Å². The highest BCUT2D eigenvalue weighted by atomic mass is 32.2. The van der Waals surface area contributed by atoms with Crippen LogP contribution in [0, 0.1) is 13.8 Å². The van der Waals surface area contributed by atoms with Crippen molar-refractivity contribution in [1.82, 2.24) is 10.5 Å². The van der Waals surface area contributed by atoms with E-state index in [1.165, 1.54) is 0 Å². The second kappa shape index (κ2) is 10.5. The molecule has 1 aromatic heterocycles. The van der Waals surface area contributed by atoms with Crippen molar-refractivity contribution in [3.63, 3.8) is 0 Å². The Balaban J connectivity index is 1.30. The molecule has 2 aromatic carbocycles. The maximum absolute atomic E-state index is 12.9. The minimum Gasteiger partial charge on any atom is -0.489 e. The summed E-state index contributed by atoms with van der Waals surface area (Å²) >= 11 is 0.